The van der Waals surface area contributed by atoms with E-state index in [4.69, 9.17) is 0 Å². The normalized spacial score (nSPS) is 10.6. The Kier molecular flexibility index (Phi) is 2.19. The molecule has 0 bridgehead atoms. The van der Waals surface area contributed by atoms with Crippen LogP contribution in [0.4, 0.5) is 0 Å². The number of nitrogens with zero attached hydrogens (tertiary/aromatic N) is 3. The van der Waals surface area contributed by atoms with Crippen LogP contribution in [0.25, 0.3) is 22.4 Å². The molecule has 0 fully saturated rings. The lowest BCUT2D eigenvalue weighted by Crippen LogP contribution is -2.33. The van der Waals surface area contributed by atoms with E-state index < -0.39 is 0 Å². The lowest BCUT2D eigenvalue weighted by atomic mass is 10.2. The van der Waals surface area contributed by atoms with Gasteiger partial charge in [0, 0.05) is 16.7 Å². The fourth-order valence-electron chi connectivity index (χ4n) is 1.71. The van der Waals surface area contributed by atoms with E-state index in [-0.39, 0.29) is 0 Å². The summed E-state index contributed by atoms with van der Waals surface area (Å²) in [5.41, 5.74) is 1.96. The maximum atomic E-state index is 11.7. The zero-order chi connectivity index (χ0) is 11.7. The van der Waals surface area contributed by atoms with Crippen LogP contribution in [-0.4, -0.2) is 10.1 Å². The van der Waals surface area contributed by atoms with E-state index >= 15 is 0 Å². The molecule has 0 aliphatic rings. The van der Waals surface area contributed by atoms with Crippen molar-refractivity contribution in [2.75, 3.05) is 0 Å². The van der Waals surface area contributed by atoms with Crippen LogP contribution in [0.2, 0.25) is 0 Å². The van der Waals surface area contributed by atoms with Crippen LogP contribution in [0.15, 0.2) is 54.6 Å². The first kappa shape index (κ1) is 9.72. The Morgan fingerprint density at radius 1 is 0.882 bits per heavy atom. The first-order chi connectivity index (χ1) is 8.34. The van der Waals surface area contributed by atoms with Gasteiger partial charge in [-0.05, 0) is 10.9 Å². The average Bonchev–Trinajstić information content (AvgIpc) is 2.40. The minimum Gasteiger partial charge on any atom is -0.594 e. The Balaban J connectivity index is 2.26. The third kappa shape index (κ3) is 1.69. The highest BCUT2D eigenvalue weighted by Gasteiger charge is 2.10. The molecule has 1 heterocycles. The summed E-state index contributed by atoms with van der Waals surface area (Å²) in [6.07, 6.45) is 0. The number of aromatic nitrogens is 3. The molecule has 3 rings (SSSR count). The molecular weight excluding hydrogens is 214 g/mol. The van der Waals surface area contributed by atoms with Gasteiger partial charge in [-0.2, -0.15) is 0 Å². The van der Waals surface area contributed by atoms with Crippen molar-refractivity contribution in [3.05, 3.63) is 59.8 Å². The van der Waals surface area contributed by atoms with Gasteiger partial charge in [-0.25, -0.2) is 4.98 Å². The second-order valence-corrected chi connectivity index (χ2v) is 3.66. The van der Waals surface area contributed by atoms with Crippen LogP contribution >= 0.6 is 0 Å². The molecule has 4 heteroatoms. The van der Waals surface area contributed by atoms with Crippen molar-refractivity contribution >= 4 is 11.0 Å². The second kappa shape index (κ2) is 3.83. The summed E-state index contributed by atoms with van der Waals surface area (Å²) in [4.78, 5) is 4.99. The van der Waals surface area contributed by atoms with Crippen molar-refractivity contribution in [1.29, 1.82) is 0 Å². The van der Waals surface area contributed by atoms with E-state index in [2.05, 4.69) is 10.1 Å². The summed E-state index contributed by atoms with van der Waals surface area (Å²) in [5.74, 6) is 0.444. The SMILES string of the molecule is [O-][n+]1nc(-c2ccccc2)nc2ccccc21. The van der Waals surface area contributed by atoms with Crippen molar-refractivity contribution in [2.45, 2.75) is 0 Å². The molecule has 2 aromatic carbocycles. The van der Waals surface area contributed by atoms with Crippen molar-refractivity contribution in [2.24, 2.45) is 0 Å². The topological polar surface area (TPSA) is 52.7 Å². The molecule has 0 saturated carbocycles. The number of rotatable bonds is 1. The van der Waals surface area contributed by atoms with Gasteiger partial charge >= 0.3 is 0 Å². The Hall–Kier alpha value is -2.49. The predicted molar refractivity (Wildman–Crippen MR) is 63.9 cm³/mol. The van der Waals surface area contributed by atoms with Gasteiger partial charge in [0.2, 0.25) is 5.82 Å². The molecule has 0 aliphatic heterocycles. The molecule has 17 heavy (non-hydrogen) atoms. The van der Waals surface area contributed by atoms with Crippen LogP contribution in [0, 0.1) is 5.21 Å². The Morgan fingerprint density at radius 3 is 2.41 bits per heavy atom. The summed E-state index contributed by atoms with van der Waals surface area (Å²) in [6.45, 7) is 0. The highest BCUT2D eigenvalue weighted by molar-refractivity contribution is 5.72. The molecule has 82 valence electrons. The minimum absolute atomic E-state index is 0.444. The minimum atomic E-state index is 0.444. The Labute approximate surface area is 97.8 Å². The molecular formula is C13H9N3O. The number of hydrogen-bond acceptors (Lipinski definition) is 3. The quantitative estimate of drug-likeness (QED) is 0.468. The fourth-order valence-corrected chi connectivity index (χ4v) is 1.71. The third-order valence-electron chi connectivity index (χ3n) is 2.53. The molecule has 0 amide bonds. The smallest absolute Gasteiger partial charge is 0.270 e. The standard InChI is InChI=1S/C13H9N3O/c17-16-12-9-5-4-8-11(12)14-13(15-16)10-6-2-1-3-7-10/h1-9H. The average molecular weight is 223 g/mol. The lowest BCUT2D eigenvalue weighted by molar-refractivity contribution is -0.642. The van der Waals surface area contributed by atoms with Gasteiger partial charge in [0.25, 0.3) is 5.52 Å². The largest absolute Gasteiger partial charge is 0.594 e. The van der Waals surface area contributed by atoms with E-state index in [1.807, 2.05) is 36.4 Å². The number of fused-ring (bicyclic) bond motifs is 1. The van der Waals surface area contributed by atoms with Crippen molar-refractivity contribution in [3.8, 4) is 11.4 Å². The number of para-hydroxylation sites is 2. The number of hydrogen-bond donors (Lipinski definition) is 0. The van der Waals surface area contributed by atoms with E-state index in [1.165, 1.54) is 0 Å². The lowest BCUT2D eigenvalue weighted by Gasteiger charge is -2.01. The van der Waals surface area contributed by atoms with Gasteiger partial charge in [-0.3, -0.25) is 0 Å². The van der Waals surface area contributed by atoms with E-state index in [0.29, 0.717) is 21.7 Å². The second-order valence-electron chi connectivity index (χ2n) is 3.66. The first-order valence-corrected chi connectivity index (χ1v) is 5.27. The highest BCUT2D eigenvalue weighted by atomic mass is 16.5. The fraction of sp³-hybridized carbons (Fsp3) is 0. The summed E-state index contributed by atoms with van der Waals surface area (Å²) in [5, 5.41) is 15.7. The van der Waals surface area contributed by atoms with Crippen molar-refractivity contribution in [1.82, 2.24) is 10.1 Å². The molecule has 1 aromatic heterocycles. The number of benzene rings is 2. The van der Waals surface area contributed by atoms with Crippen molar-refractivity contribution < 1.29 is 4.85 Å². The molecule has 0 unspecified atom stereocenters. The molecule has 0 aliphatic carbocycles. The van der Waals surface area contributed by atoms with Crippen molar-refractivity contribution in [3.63, 3.8) is 0 Å². The molecule has 4 nitrogen and oxygen atoms in total. The van der Waals surface area contributed by atoms with Crippen LogP contribution in [0.3, 0.4) is 0 Å². The van der Waals surface area contributed by atoms with Gasteiger partial charge in [-0.15, -0.1) is 0 Å². The highest BCUT2D eigenvalue weighted by Crippen LogP contribution is 2.14. The van der Waals surface area contributed by atoms with Gasteiger partial charge in [0.1, 0.15) is 5.52 Å². The maximum Gasteiger partial charge on any atom is 0.270 e. The third-order valence-corrected chi connectivity index (χ3v) is 2.53. The Morgan fingerprint density at radius 2 is 1.59 bits per heavy atom. The summed E-state index contributed by atoms with van der Waals surface area (Å²) in [6, 6.07) is 16.6. The zero-order valence-electron chi connectivity index (χ0n) is 8.95. The van der Waals surface area contributed by atoms with Gasteiger partial charge in [0.15, 0.2) is 0 Å². The molecule has 3 aromatic rings. The van der Waals surface area contributed by atoms with Crippen LogP contribution in [0.1, 0.15) is 0 Å². The van der Waals surface area contributed by atoms with E-state index in [0.717, 1.165) is 5.56 Å². The summed E-state index contributed by atoms with van der Waals surface area (Å²) in [7, 11) is 0. The monoisotopic (exact) mass is 223 g/mol. The maximum absolute atomic E-state index is 11.7. The van der Waals surface area contributed by atoms with Crippen LogP contribution in [0.5, 0.6) is 0 Å². The predicted octanol–water partition coefficient (Wildman–Crippen LogP) is 1.93. The summed E-state index contributed by atoms with van der Waals surface area (Å²) < 4.78 is 0. The Bertz CT molecular complexity index is 668. The van der Waals surface area contributed by atoms with E-state index in [1.54, 1.807) is 18.2 Å². The molecule has 0 spiro atoms. The molecule has 0 saturated heterocycles. The zero-order valence-corrected chi connectivity index (χ0v) is 8.95. The van der Waals surface area contributed by atoms with Gasteiger partial charge in [-0.1, -0.05) is 42.5 Å². The molecule has 0 atom stereocenters. The summed E-state index contributed by atoms with van der Waals surface area (Å²) >= 11 is 0. The first-order valence-electron chi connectivity index (χ1n) is 5.27. The molecule has 0 radical (unpaired) electrons. The van der Waals surface area contributed by atoms with E-state index in [9.17, 15) is 5.21 Å². The van der Waals surface area contributed by atoms with Crippen LogP contribution in [-0.2, 0) is 0 Å². The van der Waals surface area contributed by atoms with Crippen LogP contribution < -0.4 is 4.85 Å². The van der Waals surface area contributed by atoms with Gasteiger partial charge < -0.3 is 5.21 Å². The molecule has 0 N–H and O–H groups in total. The van der Waals surface area contributed by atoms with Gasteiger partial charge in [0.05, 0.1) is 0 Å².